The van der Waals surface area contributed by atoms with Crippen LogP contribution in [0.15, 0.2) is 60.7 Å². The summed E-state index contributed by atoms with van der Waals surface area (Å²) < 4.78 is 0. The van der Waals surface area contributed by atoms with Crippen LogP contribution in [-0.4, -0.2) is 48.8 Å². The molecule has 0 unspecified atom stereocenters. The van der Waals surface area contributed by atoms with Gasteiger partial charge in [0.25, 0.3) is 5.91 Å². The molecular weight excluding hydrogens is 497 g/mol. The summed E-state index contributed by atoms with van der Waals surface area (Å²) in [6.45, 7) is 3.31. The molecule has 3 amide bonds. The molecule has 0 bridgehead atoms. The van der Waals surface area contributed by atoms with Gasteiger partial charge in [0.2, 0.25) is 0 Å². The molecule has 9 heteroatoms. The highest BCUT2D eigenvalue weighted by Crippen LogP contribution is 2.34. The molecule has 0 spiro atoms. The second-order valence-electron chi connectivity index (χ2n) is 8.23. The van der Waals surface area contributed by atoms with Crippen molar-refractivity contribution in [1.82, 2.24) is 10.3 Å². The third-order valence-corrected chi connectivity index (χ3v) is 6.28. The maximum absolute atomic E-state index is 13.1. The highest BCUT2D eigenvalue weighted by molar-refractivity contribution is 6.19. The lowest BCUT2D eigenvalue weighted by atomic mass is 10.0. The smallest absolute Gasteiger partial charge is 0.323 e. The Kier molecular flexibility index (Phi) is 8.13. The van der Waals surface area contributed by atoms with Crippen LogP contribution < -0.4 is 20.9 Å². The molecule has 4 rings (SSSR count). The van der Waals surface area contributed by atoms with Crippen LogP contribution in [0.25, 0.3) is 21.8 Å². The highest BCUT2D eigenvalue weighted by atomic mass is 35.5. The molecular formula is C27H27Cl2N5O2. The van der Waals surface area contributed by atoms with Crippen molar-refractivity contribution in [1.29, 1.82) is 0 Å². The quantitative estimate of drug-likeness (QED) is 0.195. The summed E-state index contributed by atoms with van der Waals surface area (Å²) in [4.78, 5) is 32.5. The van der Waals surface area contributed by atoms with E-state index in [-0.39, 0.29) is 5.91 Å². The van der Waals surface area contributed by atoms with E-state index in [2.05, 4.69) is 20.9 Å². The molecule has 0 aliphatic rings. The molecule has 1 aromatic heterocycles. The molecule has 7 nitrogen and oxygen atoms in total. The number of rotatable bonds is 8. The van der Waals surface area contributed by atoms with Gasteiger partial charge in [-0.05, 0) is 42.8 Å². The van der Waals surface area contributed by atoms with Gasteiger partial charge in [-0.2, -0.15) is 0 Å². The molecule has 0 fully saturated rings. The van der Waals surface area contributed by atoms with Crippen LogP contribution >= 0.6 is 23.2 Å². The zero-order valence-electron chi connectivity index (χ0n) is 20.1. The monoisotopic (exact) mass is 523 g/mol. The average molecular weight is 524 g/mol. The van der Waals surface area contributed by atoms with Crippen LogP contribution in [0.4, 0.5) is 21.9 Å². The number of para-hydroxylation sites is 2. The number of nitrogens with zero attached hydrogens (tertiary/aromatic N) is 2. The van der Waals surface area contributed by atoms with E-state index in [0.717, 1.165) is 22.2 Å². The van der Waals surface area contributed by atoms with Gasteiger partial charge in [-0.25, -0.2) is 9.78 Å². The largest absolute Gasteiger partial charge is 0.369 e. The van der Waals surface area contributed by atoms with Gasteiger partial charge in [-0.15, -0.1) is 23.2 Å². The molecule has 0 radical (unpaired) electrons. The van der Waals surface area contributed by atoms with Crippen LogP contribution in [0.3, 0.4) is 0 Å². The first-order chi connectivity index (χ1) is 17.5. The number of nitrogens with one attached hydrogen (secondary N) is 3. The Morgan fingerprint density at radius 1 is 0.861 bits per heavy atom. The number of halogens is 2. The topological polar surface area (TPSA) is 86.4 Å². The number of hydrogen-bond acceptors (Lipinski definition) is 4. The number of benzene rings is 3. The van der Waals surface area contributed by atoms with Gasteiger partial charge in [-0.1, -0.05) is 30.3 Å². The van der Waals surface area contributed by atoms with Crippen molar-refractivity contribution in [2.75, 3.05) is 47.4 Å². The van der Waals surface area contributed by atoms with Gasteiger partial charge in [0, 0.05) is 54.0 Å². The maximum atomic E-state index is 13.1. The van der Waals surface area contributed by atoms with Crippen LogP contribution in [0.5, 0.6) is 0 Å². The summed E-state index contributed by atoms with van der Waals surface area (Å²) in [6.07, 6.45) is 0. The molecule has 4 aromatic rings. The van der Waals surface area contributed by atoms with E-state index in [4.69, 9.17) is 28.2 Å². The summed E-state index contributed by atoms with van der Waals surface area (Å²) in [6, 6.07) is 18.2. The molecule has 0 saturated carbocycles. The number of alkyl halides is 2. The third-order valence-electron chi connectivity index (χ3n) is 5.95. The van der Waals surface area contributed by atoms with E-state index in [1.807, 2.05) is 55.5 Å². The van der Waals surface area contributed by atoms with Gasteiger partial charge >= 0.3 is 6.03 Å². The van der Waals surface area contributed by atoms with Crippen LogP contribution in [0.1, 0.15) is 15.9 Å². The number of pyridine rings is 1. The van der Waals surface area contributed by atoms with E-state index < -0.39 is 6.03 Å². The Morgan fingerprint density at radius 3 is 2.14 bits per heavy atom. The number of hydrogen-bond donors (Lipinski definition) is 3. The van der Waals surface area contributed by atoms with E-state index in [0.29, 0.717) is 52.7 Å². The number of urea groups is 1. The van der Waals surface area contributed by atoms with E-state index in [9.17, 15) is 9.59 Å². The first kappa shape index (κ1) is 25.5. The molecule has 3 N–H and O–H groups in total. The van der Waals surface area contributed by atoms with Gasteiger partial charge in [-0.3, -0.25) is 4.79 Å². The zero-order valence-corrected chi connectivity index (χ0v) is 21.6. The second-order valence-corrected chi connectivity index (χ2v) is 8.99. The summed E-state index contributed by atoms with van der Waals surface area (Å²) in [7, 11) is 1.58. The number of fused-ring (bicyclic) bond motifs is 2. The van der Waals surface area contributed by atoms with Gasteiger partial charge in [0.1, 0.15) is 0 Å². The molecule has 3 aromatic carbocycles. The van der Waals surface area contributed by atoms with Crippen molar-refractivity contribution in [3.8, 4) is 0 Å². The number of carbonyl (C=O) groups excluding carboxylic acids is 2. The molecule has 0 saturated heterocycles. The average Bonchev–Trinajstić information content (AvgIpc) is 2.88. The molecule has 0 aliphatic carbocycles. The molecule has 0 aliphatic heterocycles. The van der Waals surface area contributed by atoms with Gasteiger partial charge in [0.15, 0.2) is 0 Å². The number of aromatic nitrogens is 1. The van der Waals surface area contributed by atoms with Gasteiger partial charge in [0.05, 0.1) is 22.3 Å². The first-order valence-corrected chi connectivity index (χ1v) is 12.6. The number of aryl methyl sites for hydroxylation is 1. The Hall–Kier alpha value is -3.55. The zero-order chi connectivity index (χ0) is 25.7. The Bertz CT molecular complexity index is 1400. The maximum Gasteiger partial charge on any atom is 0.323 e. The summed E-state index contributed by atoms with van der Waals surface area (Å²) in [5.74, 6) is 0.747. The molecule has 1 heterocycles. The van der Waals surface area contributed by atoms with E-state index in [1.54, 1.807) is 19.2 Å². The minimum Gasteiger partial charge on any atom is -0.369 e. The lowest BCUT2D eigenvalue weighted by Crippen LogP contribution is -2.27. The number of amides is 3. The predicted octanol–water partition coefficient (Wildman–Crippen LogP) is 5.98. The lowest BCUT2D eigenvalue weighted by Gasteiger charge is -2.23. The number of carbonyl (C=O) groups is 2. The minimum absolute atomic E-state index is 0.242. The highest BCUT2D eigenvalue weighted by Gasteiger charge is 2.18. The van der Waals surface area contributed by atoms with Crippen molar-refractivity contribution < 1.29 is 9.59 Å². The summed E-state index contributed by atoms with van der Waals surface area (Å²) in [5, 5.41) is 10.0. The van der Waals surface area contributed by atoms with Crippen LogP contribution in [0.2, 0.25) is 0 Å². The molecule has 0 atom stereocenters. The lowest BCUT2D eigenvalue weighted by molar-refractivity contribution is 0.0964. The predicted molar refractivity (Wildman–Crippen MR) is 150 cm³/mol. The Balaban J connectivity index is 1.67. The van der Waals surface area contributed by atoms with Crippen molar-refractivity contribution in [3.63, 3.8) is 0 Å². The van der Waals surface area contributed by atoms with Crippen molar-refractivity contribution in [2.45, 2.75) is 6.92 Å². The Morgan fingerprint density at radius 2 is 1.50 bits per heavy atom. The minimum atomic E-state index is -0.401. The summed E-state index contributed by atoms with van der Waals surface area (Å²) in [5.41, 5.74) is 4.84. The Labute approximate surface area is 219 Å². The fourth-order valence-corrected chi connectivity index (χ4v) is 4.60. The summed E-state index contributed by atoms with van der Waals surface area (Å²) >= 11 is 11.8. The normalized spacial score (nSPS) is 10.9. The van der Waals surface area contributed by atoms with E-state index in [1.165, 1.54) is 0 Å². The number of anilines is 3. The van der Waals surface area contributed by atoms with E-state index >= 15 is 0 Å². The van der Waals surface area contributed by atoms with Crippen LogP contribution in [0, 0.1) is 6.92 Å². The van der Waals surface area contributed by atoms with Crippen LogP contribution in [-0.2, 0) is 0 Å². The first-order valence-electron chi connectivity index (χ1n) is 11.6. The van der Waals surface area contributed by atoms with Gasteiger partial charge < -0.3 is 20.9 Å². The standard InChI is InChI=1S/C27H27Cl2N5O2/c1-17-5-3-6-20-23(17)32-25-21(7-4-8-22(25)26(35)30-2)24(20)33-27(36)31-18-9-11-19(12-10-18)34(15-13-28)16-14-29/h3-12H,13-16H2,1-2H3,(H,30,35)(H2,31,32,33,36). The van der Waals surface area contributed by atoms with Crippen molar-refractivity contribution in [2.24, 2.45) is 0 Å². The van der Waals surface area contributed by atoms with Crippen molar-refractivity contribution >= 4 is 74.0 Å². The molecule has 36 heavy (non-hydrogen) atoms. The fraction of sp³-hybridized carbons (Fsp3) is 0.222. The third kappa shape index (κ3) is 5.32. The molecule has 186 valence electrons. The second kappa shape index (κ2) is 11.5. The van der Waals surface area contributed by atoms with Crippen molar-refractivity contribution in [3.05, 3.63) is 71.8 Å². The fourth-order valence-electron chi connectivity index (χ4n) is 4.19. The SMILES string of the molecule is CNC(=O)c1cccc2c(NC(=O)Nc3ccc(N(CCCl)CCCl)cc3)c3cccc(C)c3nc12.